The molecule has 1 aliphatic carbocycles. The highest BCUT2D eigenvalue weighted by atomic mass is 16.5. The number of carbonyl (C=O) groups is 1. The van der Waals surface area contributed by atoms with Gasteiger partial charge in [0.2, 0.25) is 0 Å². The molecule has 0 amide bonds. The standard InChI is InChI=1S/C15H20N6O5/c16-8(15(24)25)1-2-26-4-7-3-9(12(23)11(7)22)21-6-20-10-13(17)18-5-19-14(10)21/h3,5-6,8-9,11-12,22-23H,1-2,4,16H2,(H,24,25)(H2,17,18,19)/t8-,9+,11+,12-/m0/s1. The van der Waals surface area contributed by atoms with Crippen LogP contribution in [0.5, 0.6) is 0 Å². The Kier molecular flexibility index (Phi) is 5.13. The number of nitrogen functional groups attached to an aromatic ring is 1. The van der Waals surface area contributed by atoms with Crippen LogP contribution in [-0.4, -0.2) is 72.3 Å². The van der Waals surface area contributed by atoms with Crippen molar-refractivity contribution in [1.82, 2.24) is 19.5 Å². The molecule has 140 valence electrons. The molecule has 11 heteroatoms. The number of fused-ring (bicyclic) bond motifs is 1. The summed E-state index contributed by atoms with van der Waals surface area (Å²) in [4.78, 5) is 22.8. The summed E-state index contributed by atoms with van der Waals surface area (Å²) in [5, 5.41) is 29.3. The molecule has 3 rings (SSSR count). The lowest BCUT2D eigenvalue weighted by Crippen LogP contribution is -2.32. The van der Waals surface area contributed by atoms with Gasteiger partial charge >= 0.3 is 5.97 Å². The van der Waals surface area contributed by atoms with Crippen molar-refractivity contribution in [3.05, 3.63) is 24.3 Å². The highest BCUT2D eigenvalue weighted by Crippen LogP contribution is 2.32. The topological polar surface area (TPSA) is 183 Å². The number of rotatable bonds is 7. The van der Waals surface area contributed by atoms with Crippen molar-refractivity contribution < 1.29 is 24.9 Å². The fraction of sp³-hybridized carbons (Fsp3) is 0.467. The number of nitrogens with zero attached hydrogens (tertiary/aromatic N) is 4. The Morgan fingerprint density at radius 1 is 1.35 bits per heavy atom. The van der Waals surface area contributed by atoms with Crippen LogP contribution in [0.4, 0.5) is 5.82 Å². The molecule has 26 heavy (non-hydrogen) atoms. The van der Waals surface area contributed by atoms with E-state index in [1.807, 2.05) is 0 Å². The van der Waals surface area contributed by atoms with E-state index in [4.69, 9.17) is 21.3 Å². The summed E-state index contributed by atoms with van der Waals surface area (Å²) in [6.07, 6.45) is 2.36. The Hall–Kier alpha value is -2.60. The van der Waals surface area contributed by atoms with E-state index in [0.717, 1.165) is 0 Å². The van der Waals surface area contributed by atoms with E-state index in [9.17, 15) is 15.0 Å². The van der Waals surface area contributed by atoms with E-state index < -0.39 is 30.3 Å². The first-order chi connectivity index (χ1) is 12.4. The van der Waals surface area contributed by atoms with E-state index in [1.54, 1.807) is 10.6 Å². The molecular weight excluding hydrogens is 344 g/mol. The third-order valence-electron chi connectivity index (χ3n) is 4.31. The van der Waals surface area contributed by atoms with E-state index in [-0.39, 0.29) is 25.5 Å². The van der Waals surface area contributed by atoms with Crippen molar-refractivity contribution in [2.75, 3.05) is 18.9 Å². The minimum Gasteiger partial charge on any atom is -0.480 e. The van der Waals surface area contributed by atoms with Crippen LogP contribution >= 0.6 is 0 Å². The Bertz CT molecular complexity index is 837. The van der Waals surface area contributed by atoms with E-state index in [1.165, 1.54) is 12.7 Å². The predicted molar refractivity (Wildman–Crippen MR) is 89.9 cm³/mol. The van der Waals surface area contributed by atoms with Crippen LogP contribution in [0.1, 0.15) is 12.5 Å². The second kappa shape index (κ2) is 7.33. The number of ether oxygens (including phenoxy) is 1. The van der Waals surface area contributed by atoms with Gasteiger partial charge in [-0.1, -0.05) is 6.08 Å². The number of carboxylic acid groups (broad SMARTS) is 1. The normalized spacial score (nSPS) is 24.0. The Labute approximate surface area is 147 Å². The number of hydrogen-bond donors (Lipinski definition) is 5. The molecule has 0 spiro atoms. The second-order valence-corrected chi connectivity index (χ2v) is 6.04. The molecule has 0 aliphatic heterocycles. The number of hydrogen-bond acceptors (Lipinski definition) is 9. The Morgan fingerprint density at radius 3 is 2.85 bits per heavy atom. The summed E-state index contributed by atoms with van der Waals surface area (Å²) >= 11 is 0. The molecule has 11 nitrogen and oxygen atoms in total. The zero-order valence-electron chi connectivity index (χ0n) is 13.8. The molecule has 0 saturated heterocycles. The molecule has 2 aromatic rings. The van der Waals surface area contributed by atoms with Crippen LogP contribution < -0.4 is 11.5 Å². The molecule has 0 fully saturated rings. The van der Waals surface area contributed by atoms with Crippen molar-refractivity contribution in [3.63, 3.8) is 0 Å². The Balaban J connectivity index is 1.71. The molecule has 2 heterocycles. The average molecular weight is 364 g/mol. The minimum atomic E-state index is -1.12. The quantitative estimate of drug-likeness (QED) is 0.284. The van der Waals surface area contributed by atoms with Crippen LogP contribution in [0.15, 0.2) is 24.3 Å². The van der Waals surface area contributed by atoms with Gasteiger partial charge in [-0.2, -0.15) is 0 Å². The fourth-order valence-corrected chi connectivity index (χ4v) is 2.81. The lowest BCUT2D eigenvalue weighted by molar-refractivity contribution is -0.139. The number of aliphatic carboxylic acids is 1. The van der Waals surface area contributed by atoms with Crippen molar-refractivity contribution in [1.29, 1.82) is 0 Å². The lowest BCUT2D eigenvalue weighted by atomic mass is 10.1. The van der Waals surface area contributed by atoms with Gasteiger partial charge in [-0.15, -0.1) is 0 Å². The maximum absolute atomic E-state index is 10.7. The first-order valence-corrected chi connectivity index (χ1v) is 7.96. The summed E-state index contributed by atoms with van der Waals surface area (Å²) < 4.78 is 6.98. The van der Waals surface area contributed by atoms with Gasteiger partial charge in [-0.3, -0.25) is 4.79 Å². The number of nitrogens with two attached hydrogens (primary N) is 2. The maximum Gasteiger partial charge on any atom is 0.320 e. The van der Waals surface area contributed by atoms with Crippen molar-refractivity contribution in [3.8, 4) is 0 Å². The number of aromatic nitrogens is 4. The molecule has 7 N–H and O–H groups in total. The summed E-state index contributed by atoms with van der Waals surface area (Å²) in [6, 6.07) is -1.59. The van der Waals surface area contributed by atoms with E-state index >= 15 is 0 Å². The summed E-state index contributed by atoms with van der Waals surface area (Å²) in [5.74, 6) is -0.874. The van der Waals surface area contributed by atoms with Crippen LogP contribution in [0, 0.1) is 0 Å². The molecule has 0 aromatic carbocycles. The molecule has 4 atom stereocenters. The van der Waals surface area contributed by atoms with Gasteiger partial charge in [0.25, 0.3) is 0 Å². The SMILES string of the molecule is Nc1ncnc2c1ncn2[C@@H]1C=C(COCC[C@H](N)C(=O)O)[C@@H](O)[C@H]1O. The first kappa shape index (κ1) is 18.2. The lowest BCUT2D eigenvalue weighted by Gasteiger charge is -2.19. The first-order valence-electron chi connectivity index (χ1n) is 7.96. The number of anilines is 1. The summed E-state index contributed by atoms with van der Waals surface area (Å²) in [6.45, 7) is 0.168. The molecule has 0 saturated carbocycles. The molecule has 2 aromatic heterocycles. The van der Waals surface area contributed by atoms with Crippen LogP contribution in [0.3, 0.4) is 0 Å². The monoisotopic (exact) mass is 364 g/mol. The summed E-state index contributed by atoms with van der Waals surface area (Å²) in [5.41, 5.74) is 12.5. The third-order valence-corrected chi connectivity index (χ3v) is 4.31. The molecular formula is C15H20N6O5. The summed E-state index contributed by atoms with van der Waals surface area (Å²) in [7, 11) is 0. The van der Waals surface area contributed by atoms with Gasteiger partial charge in [0.1, 0.15) is 30.1 Å². The number of aliphatic hydroxyl groups is 2. The molecule has 0 bridgehead atoms. The smallest absolute Gasteiger partial charge is 0.320 e. The second-order valence-electron chi connectivity index (χ2n) is 6.04. The van der Waals surface area contributed by atoms with E-state index in [2.05, 4.69) is 15.0 Å². The van der Waals surface area contributed by atoms with Gasteiger partial charge < -0.3 is 36.1 Å². The molecule has 0 radical (unpaired) electrons. The number of carboxylic acids is 1. The minimum absolute atomic E-state index is 0.0464. The van der Waals surface area contributed by atoms with Gasteiger partial charge in [0, 0.05) is 6.61 Å². The van der Waals surface area contributed by atoms with Crippen LogP contribution in [0.25, 0.3) is 11.2 Å². The van der Waals surface area contributed by atoms with Gasteiger partial charge in [0.15, 0.2) is 11.5 Å². The van der Waals surface area contributed by atoms with Crippen LogP contribution in [-0.2, 0) is 9.53 Å². The number of aliphatic hydroxyl groups excluding tert-OH is 2. The number of imidazole rings is 1. The van der Waals surface area contributed by atoms with Gasteiger partial charge in [-0.05, 0) is 12.0 Å². The molecule has 0 unspecified atom stereocenters. The van der Waals surface area contributed by atoms with Gasteiger partial charge in [0.05, 0.1) is 19.0 Å². The maximum atomic E-state index is 10.7. The highest BCUT2D eigenvalue weighted by Gasteiger charge is 2.36. The molecule has 1 aliphatic rings. The third kappa shape index (κ3) is 3.37. The van der Waals surface area contributed by atoms with Crippen molar-refractivity contribution in [2.45, 2.75) is 30.7 Å². The zero-order valence-corrected chi connectivity index (χ0v) is 13.8. The van der Waals surface area contributed by atoms with E-state index in [0.29, 0.717) is 16.7 Å². The van der Waals surface area contributed by atoms with Crippen LogP contribution in [0.2, 0.25) is 0 Å². The van der Waals surface area contributed by atoms with Crippen molar-refractivity contribution >= 4 is 23.0 Å². The van der Waals surface area contributed by atoms with Crippen molar-refractivity contribution in [2.24, 2.45) is 5.73 Å². The Morgan fingerprint density at radius 2 is 2.12 bits per heavy atom. The average Bonchev–Trinajstić information content (AvgIpc) is 3.15. The van der Waals surface area contributed by atoms with Gasteiger partial charge in [-0.25, -0.2) is 15.0 Å². The largest absolute Gasteiger partial charge is 0.480 e. The predicted octanol–water partition coefficient (Wildman–Crippen LogP) is -1.57. The fourth-order valence-electron chi connectivity index (χ4n) is 2.81. The highest BCUT2D eigenvalue weighted by molar-refractivity contribution is 5.81. The zero-order chi connectivity index (χ0) is 18.8.